The Morgan fingerprint density at radius 1 is 1.40 bits per heavy atom. The third kappa shape index (κ3) is 4.93. The number of anilines is 3. The summed E-state index contributed by atoms with van der Waals surface area (Å²) in [7, 11) is 3.67. The Morgan fingerprint density at radius 3 is 2.84 bits per heavy atom. The highest BCUT2D eigenvalue weighted by Crippen LogP contribution is 2.22. The van der Waals surface area contributed by atoms with Crippen LogP contribution in [0.4, 0.5) is 17.3 Å². The van der Waals surface area contributed by atoms with Gasteiger partial charge in [0.2, 0.25) is 5.91 Å². The van der Waals surface area contributed by atoms with Gasteiger partial charge in [-0.05, 0) is 40.2 Å². The number of aromatic amines is 1. The number of nitrogens with one attached hydrogen (secondary N) is 2. The maximum absolute atomic E-state index is 12.0. The van der Waals surface area contributed by atoms with Gasteiger partial charge in [-0.3, -0.25) is 9.59 Å². The van der Waals surface area contributed by atoms with Crippen molar-refractivity contribution in [2.45, 2.75) is 0 Å². The second-order valence-electron chi connectivity index (χ2n) is 5.36. The molecule has 0 spiro atoms. The Balaban J connectivity index is 2.14. The van der Waals surface area contributed by atoms with Gasteiger partial charge in [0, 0.05) is 37.9 Å². The Hall–Kier alpha value is -2.61. The quantitative estimate of drug-likeness (QED) is 0.688. The van der Waals surface area contributed by atoms with E-state index in [1.54, 1.807) is 24.2 Å². The van der Waals surface area contributed by atoms with Crippen LogP contribution >= 0.6 is 15.9 Å². The minimum Gasteiger partial charge on any atom is -0.358 e. The number of amides is 1. The van der Waals surface area contributed by atoms with Crippen LogP contribution < -0.4 is 20.7 Å². The third-order valence-electron chi connectivity index (χ3n) is 3.60. The highest BCUT2D eigenvalue weighted by molar-refractivity contribution is 9.10. The van der Waals surface area contributed by atoms with Gasteiger partial charge in [-0.25, -0.2) is 4.98 Å². The van der Waals surface area contributed by atoms with E-state index in [1.165, 1.54) is 6.08 Å². The summed E-state index contributed by atoms with van der Waals surface area (Å²) in [4.78, 5) is 34.1. The molecule has 132 valence electrons. The van der Waals surface area contributed by atoms with Crippen LogP contribution in [0.1, 0.15) is 0 Å². The number of carbonyl (C=O) groups excluding carboxylic acids is 1. The van der Waals surface area contributed by atoms with Crippen molar-refractivity contribution in [1.82, 2.24) is 15.3 Å². The molecule has 0 radical (unpaired) electrons. The summed E-state index contributed by atoms with van der Waals surface area (Å²) in [5.74, 6) is 1.18. The molecule has 2 aromatic rings. The molecule has 0 aliphatic heterocycles. The molecule has 2 rings (SSSR count). The van der Waals surface area contributed by atoms with Gasteiger partial charge in [-0.2, -0.15) is 0 Å². The normalized spacial score (nSPS) is 10.2. The predicted molar refractivity (Wildman–Crippen MR) is 104 cm³/mol. The summed E-state index contributed by atoms with van der Waals surface area (Å²) in [6.45, 7) is 4.49. The first-order chi connectivity index (χ1) is 11.9. The first-order valence-electron chi connectivity index (χ1n) is 7.63. The van der Waals surface area contributed by atoms with Crippen molar-refractivity contribution in [3.63, 3.8) is 0 Å². The van der Waals surface area contributed by atoms with E-state index in [0.717, 1.165) is 10.3 Å². The number of aromatic nitrogens is 2. The predicted octanol–water partition coefficient (Wildman–Crippen LogP) is 2.04. The molecule has 0 aliphatic rings. The molecule has 1 amide bonds. The van der Waals surface area contributed by atoms with Crippen molar-refractivity contribution in [3.8, 4) is 0 Å². The van der Waals surface area contributed by atoms with Crippen molar-refractivity contribution in [2.75, 3.05) is 37.0 Å². The molecule has 2 N–H and O–H groups in total. The van der Waals surface area contributed by atoms with E-state index < -0.39 is 0 Å². The summed E-state index contributed by atoms with van der Waals surface area (Å²) >= 11 is 3.35. The molecule has 0 saturated heterocycles. The molecule has 7 nitrogen and oxygen atoms in total. The fraction of sp³-hybridized carbons (Fsp3) is 0.235. The molecule has 0 aromatic carbocycles. The van der Waals surface area contributed by atoms with E-state index in [-0.39, 0.29) is 11.5 Å². The number of likely N-dealkylation sites (N-methyl/N-ethyl adjacent to an activating group) is 1. The molecule has 0 aliphatic carbocycles. The lowest BCUT2D eigenvalue weighted by atomic mass is 10.3. The number of carbonyl (C=O) groups is 1. The van der Waals surface area contributed by atoms with Crippen LogP contribution in [0.15, 0.2) is 52.4 Å². The molecule has 0 atom stereocenters. The van der Waals surface area contributed by atoms with Crippen LogP contribution in [0.2, 0.25) is 0 Å². The van der Waals surface area contributed by atoms with Gasteiger partial charge in [0.25, 0.3) is 5.56 Å². The standard InChI is InChI=1S/C17H20BrN5O2/c1-4-16(24)19-8-9-22(2)14-6-5-7-15(21-14)23(3)13-10-12(18)11-20-17(13)25/h4-7,10-11H,1,8-9H2,2-3H3,(H,19,24)(H,20,25). The monoisotopic (exact) mass is 405 g/mol. The Morgan fingerprint density at radius 2 is 2.12 bits per heavy atom. The minimum absolute atomic E-state index is 0.196. The van der Waals surface area contributed by atoms with E-state index in [4.69, 9.17) is 0 Å². The van der Waals surface area contributed by atoms with Crippen LogP contribution in [0.3, 0.4) is 0 Å². The second-order valence-corrected chi connectivity index (χ2v) is 6.28. The molecule has 0 unspecified atom stereocenters. The lowest BCUT2D eigenvalue weighted by Crippen LogP contribution is -2.32. The molecular weight excluding hydrogens is 386 g/mol. The zero-order valence-electron chi connectivity index (χ0n) is 14.1. The van der Waals surface area contributed by atoms with Crippen molar-refractivity contribution < 1.29 is 4.79 Å². The highest BCUT2D eigenvalue weighted by Gasteiger charge is 2.12. The molecule has 25 heavy (non-hydrogen) atoms. The van der Waals surface area contributed by atoms with Gasteiger partial charge in [0.1, 0.15) is 17.3 Å². The molecular formula is C17H20BrN5O2. The maximum atomic E-state index is 12.0. The largest absolute Gasteiger partial charge is 0.358 e. The van der Waals surface area contributed by atoms with Gasteiger partial charge in [-0.1, -0.05) is 12.6 Å². The lowest BCUT2D eigenvalue weighted by Gasteiger charge is -2.22. The minimum atomic E-state index is -0.205. The molecule has 0 bridgehead atoms. The second kappa shape index (κ2) is 8.48. The Bertz CT molecular complexity index is 821. The van der Waals surface area contributed by atoms with E-state index in [1.807, 2.05) is 30.1 Å². The van der Waals surface area contributed by atoms with E-state index in [0.29, 0.717) is 24.6 Å². The van der Waals surface area contributed by atoms with Crippen LogP contribution in [0.5, 0.6) is 0 Å². The smallest absolute Gasteiger partial charge is 0.271 e. The van der Waals surface area contributed by atoms with E-state index >= 15 is 0 Å². The Labute approximate surface area is 154 Å². The fourth-order valence-electron chi connectivity index (χ4n) is 2.16. The number of hydrogen-bond acceptors (Lipinski definition) is 5. The highest BCUT2D eigenvalue weighted by atomic mass is 79.9. The third-order valence-corrected chi connectivity index (χ3v) is 4.05. The number of hydrogen-bond donors (Lipinski definition) is 2. The van der Waals surface area contributed by atoms with Crippen LogP contribution in [-0.2, 0) is 4.79 Å². The van der Waals surface area contributed by atoms with Gasteiger partial charge in [-0.15, -0.1) is 0 Å². The molecule has 8 heteroatoms. The molecule has 2 aromatic heterocycles. The van der Waals surface area contributed by atoms with Crippen LogP contribution in [0, 0.1) is 0 Å². The van der Waals surface area contributed by atoms with Gasteiger partial charge >= 0.3 is 0 Å². The summed E-state index contributed by atoms with van der Waals surface area (Å²) in [5.41, 5.74) is 0.290. The first kappa shape index (κ1) is 18.7. The van der Waals surface area contributed by atoms with Crippen molar-refractivity contribution in [2.24, 2.45) is 0 Å². The summed E-state index contributed by atoms with van der Waals surface area (Å²) in [6, 6.07) is 7.32. The SMILES string of the molecule is C=CC(=O)NCCN(C)c1cccc(N(C)c2cc(Br)c[nH]c2=O)n1. The van der Waals surface area contributed by atoms with E-state index in [2.05, 4.69) is 37.8 Å². The molecule has 0 saturated carbocycles. The van der Waals surface area contributed by atoms with E-state index in [9.17, 15) is 9.59 Å². The van der Waals surface area contributed by atoms with Gasteiger partial charge < -0.3 is 20.1 Å². The van der Waals surface area contributed by atoms with Crippen molar-refractivity contribution in [3.05, 3.63) is 57.9 Å². The molecule has 0 fully saturated rings. The summed E-state index contributed by atoms with van der Waals surface area (Å²) < 4.78 is 0.778. The summed E-state index contributed by atoms with van der Waals surface area (Å²) in [5, 5.41) is 2.72. The molecule has 2 heterocycles. The van der Waals surface area contributed by atoms with Gasteiger partial charge in [0.15, 0.2) is 0 Å². The van der Waals surface area contributed by atoms with Crippen molar-refractivity contribution in [1.29, 1.82) is 0 Å². The lowest BCUT2D eigenvalue weighted by molar-refractivity contribution is -0.116. The van der Waals surface area contributed by atoms with Crippen LogP contribution in [0.25, 0.3) is 0 Å². The topological polar surface area (TPSA) is 81.3 Å². The number of rotatable bonds is 7. The first-order valence-corrected chi connectivity index (χ1v) is 8.42. The maximum Gasteiger partial charge on any atom is 0.271 e. The average molecular weight is 406 g/mol. The van der Waals surface area contributed by atoms with Crippen molar-refractivity contribution >= 4 is 39.2 Å². The van der Waals surface area contributed by atoms with Crippen LogP contribution in [-0.4, -0.2) is 43.1 Å². The number of halogens is 1. The number of nitrogens with zero attached hydrogens (tertiary/aromatic N) is 3. The van der Waals surface area contributed by atoms with Gasteiger partial charge in [0.05, 0.1) is 0 Å². The number of H-pyrrole nitrogens is 1. The zero-order valence-corrected chi connectivity index (χ0v) is 15.7. The average Bonchev–Trinajstić information content (AvgIpc) is 2.62. The fourth-order valence-corrected chi connectivity index (χ4v) is 2.50. The number of pyridine rings is 2. The Kier molecular flexibility index (Phi) is 6.35. The zero-order chi connectivity index (χ0) is 18.4. The summed E-state index contributed by atoms with van der Waals surface area (Å²) in [6.07, 6.45) is 2.83.